The van der Waals surface area contributed by atoms with Gasteiger partial charge < -0.3 is 10.5 Å². The molecule has 2 rings (SSSR count). The molecule has 1 aromatic carbocycles. The lowest BCUT2D eigenvalue weighted by molar-refractivity contribution is 0.377. The number of hydrogen-bond acceptors (Lipinski definition) is 3. The third kappa shape index (κ3) is 2.33. The molecule has 0 aliphatic rings. The summed E-state index contributed by atoms with van der Waals surface area (Å²) in [5, 5.41) is 4.45. The van der Waals surface area contributed by atoms with Gasteiger partial charge in [0.25, 0.3) is 0 Å². The fourth-order valence-electron chi connectivity index (χ4n) is 2.10. The molecule has 4 nitrogen and oxygen atoms in total. The zero-order valence-corrected chi connectivity index (χ0v) is 11.4. The van der Waals surface area contributed by atoms with Gasteiger partial charge in [-0.1, -0.05) is 26.0 Å². The molecule has 2 aromatic rings. The second-order valence-electron chi connectivity index (χ2n) is 4.60. The standard InChI is InChI=1S/C14H18FN3O/c1-9(2)13-10(8-16)14(19-3)18(17-13)12-7-5-4-6-11(12)15/h4-7,9H,8,16H2,1-3H3. The number of benzene rings is 1. The Labute approximate surface area is 112 Å². The molecule has 0 spiro atoms. The van der Waals surface area contributed by atoms with Crippen LogP contribution in [0.25, 0.3) is 5.69 Å². The lowest BCUT2D eigenvalue weighted by Gasteiger charge is -2.08. The second kappa shape index (κ2) is 5.40. The molecular weight excluding hydrogens is 245 g/mol. The Balaban J connectivity index is 2.67. The lowest BCUT2D eigenvalue weighted by Crippen LogP contribution is -2.04. The molecule has 1 aromatic heterocycles. The molecule has 0 bridgehead atoms. The van der Waals surface area contributed by atoms with E-state index < -0.39 is 0 Å². The number of methoxy groups -OCH3 is 1. The van der Waals surface area contributed by atoms with Crippen molar-refractivity contribution in [3.8, 4) is 11.6 Å². The zero-order chi connectivity index (χ0) is 14.0. The number of para-hydroxylation sites is 1. The molecule has 0 aliphatic heterocycles. The largest absolute Gasteiger partial charge is 0.481 e. The summed E-state index contributed by atoms with van der Waals surface area (Å²) in [6.45, 7) is 4.35. The highest BCUT2D eigenvalue weighted by atomic mass is 19.1. The molecule has 102 valence electrons. The number of rotatable bonds is 4. The maximum absolute atomic E-state index is 13.9. The number of nitrogens with zero attached hydrogens (tertiary/aromatic N) is 2. The quantitative estimate of drug-likeness (QED) is 0.922. The highest BCUT2D eigenvalue weighted by Gasteiger charge is 2.21. The molecule has 0 fully saturated rings. The van der Waals surface area contributed by atoms with Crippen LogP contribution in [0.2, 0.25) is 0 Å². The van der Waals surface area contributed by atoms with Crippen LogP contribution in [0.1, 0.15) is 31.0 Å². The Hall–Kier alpha value is -1.88. The third-order valence-electron chi connectivity index (χ3n) is 2.99. The van der Waals surface area contributed by atoms with Crippen molar-refractivity contribution in [3.63, 3.8) is 0 Å². The molecule has 0 radical (unpaired) electrons. The topological polar surface area (TPSA) is 53.1 Å². The summed E-state index contributed by atoms with van der Waals surface area (Å²) >= 11 is 0. The number of nitrogens with two attached hydrogens (primary N) is 1. The van der Waals surface area contributed by atoms with Gasteiger partial charge in [0.1, 0.15) is 11.5 Å². The fraction of sp³-hybridized carbons (Fsp3) is 0.357. The van der Waals surface area contributed by atoms with E-state index in [1.807, 2.05) is 13.8 Å². The average molecular weight is 263 g/mol. The van der Waals surface area contributed by atoms with Crippen molar-refractivity contribution in [2.24, 2.45) is 5.73 Å². The minimum Gasteiger partial charge on any atom is -0.481 e. The predicted octanol–water partition coefficient (Wildman–Crippen LogP) is 2.60. The van der Waals surface area contributed by atoms with E-state index in [0.29, 0.717) is 18.1 Å². The molecule has 2 N–H and O–H groups in total. The Morgan fingerprint density at radius 1 is 1.37 bits per heavy atom. The molecule has 0 unspecified atom stereocenters. The Kier molecular flexibility index (Phi) is 3.85. The van der Waals surface area contributed by atoms with Gasteiger partial charge in [0.2, 0.25) is 5.88 Å². The van der Waals surface area contributed by atoms with Crippen LogP contribution in [-0.2, 0) is 6.54 Å². The first-order chi connectivity index (χ1) is 9.10. The van der Waals surface area contributed by atoms with Gasteiger partial charge >= 0.3 is 0 Å². The Bertz CT molecular complexity index is 578. The minimum atomic E-state index is -0.345. The van der Waals surface area contributed by atoms with Gasteiger partial charge in [0.05, 0.1) is 18.4 Å². The lowest BCUT2D eigenvalue weighted by atomic mass is 10.1. The van der Waals surface area contributed by atoms with E-state index in [1.54, 1.807) is 18.2 Å². The summed E-state index contributed by atoms with van der Waals surface area (Å²) in [6, 6.07) is 6.46. The van der Waals surface area contributed by atoms with Crippen molar-refractivity contribution in [2.45, 2.75) is 26.3 Å². The van der Waals surface area contributed by atoms with Crippen molar-refractivity contribution in [2.75, 3.05) is 7.11 Å². The van der Waals surface area contributed by atoms with E-state index >= 15 is 0 Å². The molecule has 0 aliphatic carbocycles. The van der Waals surface area contributed by atoms with E-state index in [4.69, 9.17) is 10.5 Å². The van der Waals surface area contributed by atoms with E-state index in [2.05, 4.69) is 5.10 Å². The minimum absolute atomic E-state index is 0.195. The highest BCUT2D eigenvalue weighted by molar-refractivity contribution is 5.43. The van der Waals surface area contributed by atoms with Crippen molar-refractivity contribution in [3.05, 3.63) is 41.3 Å². The highest BCUT2D eigenvalue weighted by Crippen LogP contribution is 2.30. The van der Waals surface area contributed by atoms with Crippen LogP contribution >= 0.6 is 0 Å². The van der Waals surface area contributed by atoms with E-state index in [1.165, 1.54) is 17.9 Å². The van der Waals surface area contributed by atoms with Crippen LogP contribution in [0.15, 0.2) is 24.3 Å². The number of halogens is 1. The third-order valence-corrected chi connectivity index (χ3v) is 2.99. The zero-order valence-electron chi connectivity index (χ0n) is 11.4. The number of hydrogen-bond donors (Lipinski definition) is 1. The molecule has 5 heteroatoms. The van der Waals surface area contributed by atoms with Crippen molar-refractivity contribution in [1.82, 2.24) is 9.78 Å². The van der Waals surface area contributed by atoms with Crippen LogP contribution < -0.4 is 10.5 Å². The van der Waals surface area contributed by atoms with Gasteiger partial charge in [-0.3, -0.25) is 0 Å². The summed E-state index contributed by atoms with van der Waals surface area (Å²) in [5.74, 6) is 0.346. The molecule has 0 saturated carbocycles. The van der Waals surface area contributed by atoms with Gasteiger partial charge in [0.15, 0.2) is 0 Å². The second-order valence-corrected chi connectivity index (χ2v) is 4.60. The average Bonchev–Trinajstić information content (AvgIpc) is 2.77. The first kappa shape index (κ1) is 13.5. The monoisotopic (exact) mass is 263 g/mol. The van der Waals surface area contributed by atoms with Gasteiger partial charge in [-0.05, 0) is 18.1 Å². The summed E-state index contributed by atoms with van der Waals surface area (Å²) in [6.07, 6.45) is 0. The molecule has 1 heterocycles. The normalized spacial score (nSPS) is 11.1. The predicted molar refractivity (Wildman–Crippen MR) is 72.1 cm³/mol. The van der Waals surface area contributed by atoms with Gasteiger partial charge in [-0.25, -0.2) is 4.39 Å². The van der Waals surface area contributed by atoms with Crippen LogP contribution in [0, 0.1) is 5.82 Å². The smallest absolute Gasteiger partial charge is 0.221 e. The SMILES string of the molecule is COc1c(CN)c(C(C)C)nn1-c1ccccc1F. The number of ether oxygens (including phenoxy) is 1. The maximum atomic E-state index is 13.9. The van der Waals surface area contributed by atoms with E-state index in [-0.39, 0.29) is 11.7 Å². The molecular formula is C14H18FN3O. The van der Waals surface area contributed by atoms with Crippen LogP contribution in [0.5, 0.6) is 5.88 Å². The van der Waals surface area contributed by atoms with E-state index in [0.717, 1.165) is 11.3 Å². The van der Waals surface area contributed by atoms with Crippen LogP contribution in [0.4, 0.5) is 4.39 Å². The number of aromatic nitrogens is 2. The van der Waals surface area contributed by atoms with Crippen molar-refractivity contribution >= 4 is 0 Å². The van der Waals surface area contributed by atoms with Gasteiger partial charge in [0, 0.05) is 6.54 Å². The summed E-state index contributed by atoms with van der Waals surface area (Å²) < 4.78 is 20.7. The van der Waals surface area contributed by atoms with E-state index in [9.17, 15) is 4.39 Å². The Morgan fingerprint density at radius 3 is 2.58 bits per heavy atom. The summed E-state index contributed by atoms with van der Waals surface area (Å²) in [5.41, 5.74) is 7.79. The molecule has 0 atom stereocenters. The van der Waals surface area contributed by atoms with Crippen molar-refractivity contribution in [1.29, 1.82) is 0 Å². The molecule has 19 heavy (non-hydrogen) atoms. The Morgan fingerprint density at radius 2 is 2.05 bits per heavy atom. The van der Waals surface area contributed by atoms with Crippen LogP contribution in [0.3, 0.4) is 0 Å². The van der Waals surface area contributed by atoms with Gasteiger partial charge in [-0.2, -0.15) is 9.78 Å². The summed E-state index contributed by atoms with van der Waals surface area (Å²) in [4.78, 5) is 0. The fourth-order valence-corrected chi connectivity index (χ4v) is 2.10. The first-order valence-corrected chi connectivity index (χ1v) is 6.20. The van der Waals surface area contributed by atoms with Crippen molar-refractivity contribution < 1.29 is 9.13 Å². The van der Waals surface area contributed by atoms with Crippen LogP contribution in [-0.4, -0.2) is 16.9 Å². The first-order valence-electron chi connectivity index (χ1n) is 6.20. The molecule has 0 amide bonds. The maximum Gasteiger partial charge on any atom is 0.221 e. The molecule has 0 saturated heterocycles. The van der Waals surface area contributed by atoms with Gasteiger partial charge in [-0.15, -0.1) is 0 Å². The summed E-state index contributed by atoms with van der Waals surface area (Å²) in [7, 11) is 1.54.